The van der Waals surface area contributed by atoms with Crippen LogP contribution >= 0.6 is 11.3 Å². The normalized spacial score (nSPS) is 11.1. The molecule has 3 aromatic rings. The highest BCUT2D eigenvalue weighted by Gasteiger charge is 2.09. The zero-order chi connectivity index (χ0) is 12.7. The molecular formula is C16H15NS. The van der Waals surface area contributed by atoms with Gasteiger partial charge >= 0.3 is 0 Å². The number of fused-ring (bicyclic) bond motifs is 1. The summed E-state index contributed by atoms with van der Waals surface area (Å²) in [5, 5.41) is 1.12. The highest BCUT2D eigenvalue weighted by molar-refractivity contribution is 7.21. The molecule has 1 heterocycles. The van der Waals surface area contributed by atoms with Gasteiger partial charge < -0.3 is 0 Å². The molecule has 0 atom stereocenters. The minimum atomic E-state index is 1.09. The molecule has 1 aromatic heterocycles. The van der Waals surface area contributed by atoms with Gasteiger partial charge in [0.1, 0.15) is 5.01 Å². The molecule has 0 radical (unpaired) electrons. The number of para-hydroxylation sites is 1. The highest BCUT2D eigenvalue weighted by atomic mass is 32.1. The molecule has 0 amide bonds. The molecule has 18 heavy (non-hydrogen) atoms. The Kier molecular flexibility index (Phi) is 2.67. The Morgan fingerprint density at radius 1 is 0.889 bits per heavy atom. The van der Waals surface area contributed by atoms with Crippen molar-refractivity contribution in [2.45, 2.75) is 20.8 Å². The average molecular weight is 253 g/mol. The third-order valence-corrected chi connectivity index (χ3v) is 4.43. The van der Waals surface area contributed by atoms with Crippen LogP contribution in [0.4, 0.5) is 0 Å². The van der Waals surface area contributed by atoms with Crippen molar-refractivity contribution in [1.82, 2.24) is 4.98 Å². The number of thiazole rings is 1. The van der Waals surface area contributed by atoms with Gasteiger partial charge in [-0.25, -0.2) is 4.98 Å². The monoisotopic (exact) mass is 253 g/mol. The van der Waals surface area contributed by atoms with Gasteiger partial charge in [-0.2, -0.15) is 0 Å². The van der Waals surface area contributed by atoms with Crippen molar-refractivity contribution in [3.8, 4) is 10.6 Å². The second-order valence-electron chi connectivity index (χ2n) is 4.74. The molecule has 90 valence electrons. The molecule has 0 aliphatic rings. The van der Waals surface area contributed by atoms with Crippen LogP contribution in [0.2, 0.25) is 0 Å². The van der Waals surface area contributed by atoms with Crippen LogP contribution in [0, 0.1) is 20.8 Å². The fourth-order valence-corrected chi connectivity index (χ4v) is 3.23. The number of aryl methyl sites for hydroxylation is 3. The van der Waals surface area contributed by atoms with Crippen LogP contribution < -0.4 is 0 Å². The summed E-state index contributed by atoms with van der Waals surface area (Å²) in [7, 11) is 0. The largest absolute Gasteiger partial charge is 0.236 e. The van der Waals surface area contributed by atoms with Crippen LogP contribution in [-0.4, -0.2) is 4.98 Å². The van der Waals surface area contributed by atoms with Gasteiger partial charge in [0.05, 0.1) is 10.2 Å². The molecule has 0 aliphatic carbocycles. The lowest BCUT2D eigenvalue weighted by atomic mass is 10.0. The number of nitrogens with zero attached hydrogens (tertiary/aromatic N) is 1. The van der Waals surface area contributed by atoms with Crippen LogP contribution in [0.3, 0.4) is 0 Å². The summed E-state index contributed by atoms with van der Waals surface area (Å²) in [5.41, 5.74) is 6.33. The van der Waals surface area contributed by atoms with E-state index in [-0.39, 0.29) is 0 Å². The van der Waals surface area contributed by atoms with Gasteiger partial charge in [0.15, 0.2) is 0 Å². The van der Waals surface area contributed by atoms with E-state index in [0.717, 1.165) is 10.5 Å². The number of benzene rings is 2. The lowest BCUT2D eigenvalue weighted by molar-refractivity contribution is 1.29. The van der Waals surface area contributed by atoms with Gasteiger partial charge in [-0.1, -0.05) is 18.2 Å². The second kappa shape index (κ2) is 4.21. The van der Waals surface area contributed by atoms with E-state index in [2.05, 4.69) is 51.1 Å². The maximum Gasteiger partial charge on any atom is 0.124 e. The van der Waals surface area contributed by atoms with Crippen molar-refractivity contribution in [2.75, 3.05) is 0 Å². The van der Waals surface area contributed by atoms with Crippen molar-refractivity contribution in [1.29, 1.82) is 0 Å². The first-order valence-electron chi connectivity index (χ1n) is 6.09. The molecule has 2 heteroatoms. The van der Waals surface area contributed by atoms with Crippen LogP contribution in [0.5, 0.6) is 0 Å². The van der Waals surface area contributed by atoms with Crippen LogP contribution in [-0.2, 0) is 0 Å². The molecule has 0 saturated carbocycles. The summed E-state index contributed by atoms with van der Waals surface area (Å²) < 4.78 is 1.25. The molecular weight excluding hydrogens is 238 g/mol. The lowest BCUT2D eigenvalue weighted by Crippen LogP contribution is -1.88. The third kappa shape index (κ3) is 1.83. The Morgan fingerprint density at radius 3 is 2.39 bits per heavy atom. The smallest absolute Gasteiger partial charge is 0.124 e. The standard InChI is InChI=1S/C16H15NS/c1-10-8-12(3)13(9-11(10)2)16-17-14-6-4-5-7-15(14)18-16/h4-9H,1-3H3. The summed E-state index contributed by atoms with van der Waals surface area (Å²) in [4.78, 5) is 4.73. The van der Waals surface area contributed by atoms with E-state index in [1.807, 2.05) is 6.07 Å². The first-order valence-corrected chi connectivity index (χ1v) is 6.90. The number of hydrogen-bond donors (Lipinski definition) is 0. The van der Waals surface area contributed by atoms with Crippen molar-refractivity contribution >= 4 is 21.6 Å². The average Bonchev–Trinajstić information content (AvgIpc) is 2.77. The molecule has 0 saturated heterocycles. The molecule has 0 bridgehead atoms. The first kappa shape index (κ1) is 11.4. The van der Waals surface area contributed by atoms with Crippen molar-refractivity contribution in [2.24, 2.45) is 0 Å². The molecule has 0 N–H and O–H groups in total. The Labute approximate surface area is 111 Å². The molecule has 2 aromatic carbocycles. The summed E-state index contributed by atoms with van der Waals surface area (Å²) in [6, 6.07) is 12.8. The fraction of sp³-hybridized carbons (Fsp3) is 0.188. The maximum absolute atomic E-state index is 4.73. The zero-order valence-corrected chi connectivity index (χ0v) is 11.6. The number of aromatic nitrogens is 1. The third-order valence-electron chi connectivity index (χ3n) is 3.36. The van der Waals surface area contributed by atoms with Gasteiger partial charge in [0.2, 0.25) is 0 Å². The molecule has 1 nitrogen and oxygen atoms in total. The van der Waals surface area contributed by atoms with E-state index in [1.165, 1.54) is 27.0 Å². The van der Waals surface area contributed by atoms with Gasteiger partial charge in [-0.05, 0) is 55.7 Å². The van der Waals surface area contributed by atoms with E-state index < -0.39 is 0 Å². The fourth-order valence-electron chi connectivity index (χ4n) is 2.18. The van der Waals surface area contributed by atoms with Crippen molar-refractivity contribution in [3.05, 3.63) is 53.1 Å². The zero-order valence-electron chi connectivity index (χ0n) is 10.8. The lowest BCUT2D eigenvalue weighted by Gasteiger charge is -2.06. The summed E-state index contributed by atoms with van der Waals surface area (Å²) in [6.45, 7) is 6.48. The van der Waals surface area contributed by atoms with Gasteiger partial charge in [0, 0.05) is 5.56 Å². The van der Waals surface area contributed by atoms with Crippen molar-refractivity contribution in [3.63, 3.8) is 0 Å². The summed E-state index contributed by atoms with van der Waals surface area (Å²) in [5.74, 6) is 0. The summed E-state index contributed by atoms with van der Waals surface area (Å²) >= 11 is 1.77. The summed E-state index contributed by atoms with van der Waals surface area (Å²) in [6.07, 6.45) is 0. The van der Waals surface area contributed by atoms with Crippen molar-refractivity contribution < 1.29 is 0 Å². The minimum absolute atomic E-state index is 1.09. The molecule has 0 unspecified atom stereocenters. The van der Waals surface area contributed by atoms with E-state index >= 15 is 0 Å². The SMILES string of the molecule is Cc1cc(C)c(-c2nc3ccccc3s2)cc1C. The van der Waals surface area contributed by atoms with Gasteiger partial charge in [0.25, 0.3) is 0 Å². The Morgan fingerprint density at radius 2 is 1.61 bits per heavy atom. The van der Waals surface area contributed by atoms with Gasteiger partial charge in [-0.3, -0.25) is 0 Å². The van der Waals surface area contributed by atoms with Crippen LogP contribution in [0.1, 0.15) is 16.7 Å². The predicted molar refractivity (Wildman–Crippen MR) is 79.3 cm³/mol. The Hall–Kier alpha value is -1.67. The Bertz CT molecular complexity index is 692. The van der Waals surface area contributed by atoms with E-state index in [0.29, 0.717) is 0 Å². The molecule has 3 rings (SSSR count). The van der Waals surface area contributed by atoms with E-state index in [4.69, 9.17) is 4.98 Å². The number of rotatable bonds is 1. The molecule has 0 fully saturated rings. The quantitative estimate of drug-likeness (QED) is 0.601. The van der Waals surface area contributed by atoms with Gasteiger partial charge in [-0.15, -0.1) is 11.3 Å². The first-order chi connectivity index (χ1) is 8.65. The molecule has 0 aliphatic heterocycles. The highest BCUT2D eigenvalue weighted by Crippen LogP contribution is 2.33. The predicted octanol–water partition coefficient (Wildman–Crippen LogP) is 4.89. The molecule has 0 spiro atoms. The maximum atomic E-state index is 4.73. The minimum Gasteiger partial charge on any atom is -0.236 e. The van der Waals surface area contributed by atoms with E-state index in [9.17, 15) is 0 Å². The number of hydrogen-bond acceptors (Lipinski definition) is 2. The topological polar surface area (TPSA) is 12.9 Å². The van der Waals surface area contributed by atoms with Crippen LogP contribution in [0.15, 0.2) is 36.4 Å². The van der Waals surface area contributed by atoms with E-state index in [1.54, 1.807) is 11.3 Å². The van der Waals surface area contributed by atoms with Crippen LogP contribution in [0.25, 0.3) is 20.8 Å². The Balaban J connectivity index is 2.22. The second-order valence-corrected chi connectivity index (χ2v) is 5.77.